The second kappa shape index (κ2) is 7.90. The molecule has 0 spiro atoms. The summed E-state index contributed by atoms with van der Waals surface area (Å²) in [6.45, 7) is 5.82. The Kier molecular flexibility index (Phi) is 6.15. The molecule has 4 nitrogen and oxygen atoms in total. The smallest absolute Gasteiger partial charge is 0.341 e. The Labute approximate surface area is 151 Å². The van der Waals surface area contributed by atoms with Gasteiger partial charge in [-0.2, -0.15) is 0 Å². The summed E-state index contributed by atoms with van der Waals surface area (Å²) in [6, 6.07) is 3.84. The molecule has 7 heteroatoms. The third kappa shape index (κ3) is 4.53. The Balaban J connectivity index is 2.16. The van der Waals surface area contributed by atoms with Crippen LogP contribution in [0.3, 0.4) is 0 Å². The third-order valence-corrected chi connectivity index (χ3v) is 5.81. The van der Waals surface area contributed by atoms with E-state index in [-0.39, 0.29) is 5.91 Å². The number of rotatable bonds is 5. The SMILES string of the molecule is CCOC(=O)c1c(NC(=O)/C=C/c2ccc(Br)s2)sc(C)c1C. The van der Waals surface area contributed by atoms with E-state index in [2.05, 4.69) is 21.2 Å². The van der Waals surface area contributed by atoms with E-state index in [4.69, 9.17) is 4.74 Å². The lowest BCUT2D eigenvalue weighted by atomic mass is 10.1. The fourth-order valence-corrected chi connectivity index (χ4v) is 4.27. The van der Waals surface area contributed by atoms with Crippen molar-refractivity contribution >= 4 is 61.6 Å². The molecule has 2 heterocycles. The maximum Gasteiger partial charge on any atom is 0.341 e. The van der Waals surface area contributed by atoms with Gasteiger partial charge in [-0.25, -0.2) is 4.79 Å². The summed E-state index contributed by atoms with van der Waals surface area (Å²) in [7, 11) is 0. The first-order valence-corrected chi connectivity index (χ1v) is 9.36. The first-order chi connectivity index (χ1) is 10.9. The van der Waals surface area contributed by atoms with E-state index < -0.39 is 5.97 Å². The molecule has 2 rings (SSSR count). The van der Waals surface area contributed by atoms with Gasteiger partial charge in [-0.15, -0.1) is 22.7 Å². The number of amides is 1. The van der Waals surface area contributed by atoms with Gasteiger partial charge in [-0.3, -0.25) is 4.79 Å². The highest BCUT2D eigenvalue weighted by Gasteiger charge is 2.21. The molecule has 0 atom stereocenters. The summed E-state index contributed by atoms with van der Waals surface area (Å²) in [4.78, 5) is 26.1. The zero-order valence-electron chi connectivity index (χ0n) is 12.9. The van der Waals surface area contributed by atoms with Crippen LogP contribution in [0.25, 0.3) is 6.08 Å². The second-order valence-electron chi connectivity index (χ2n) is 4.67. The van der Waals surface area contributed by atoms with E-state index in [9.17, 15) is 9.59 Å². The van der Waals surface area contributed by atoms with E-state index >= 15 is 0 Å². The minimum absolute atomic E-state index is 0.277. The lowest BCUT2D eigenvalue weighted by Gasteiger charge is -2.05. The fourth-order valence-electron chi connectivity index (χ4n) is 1.89. The number of hydrogen-bond donors (Lipinski definition) is 1. The highest BCUT2D eigenvalue weighted by Crippen LogP contribution is 2.33. The van der Waals surface area contributed by atoms with Crippen molar-refractivity contribution in [2.45, 2.75) is 20.8 Å². The predicted molar refractivity (Wildman–Crippen MR) is 99.4 cm³/mol. The Hall–Kier alpha value is -1.44. The molecule has 0 aliphatic rings. The van der Waals surface area contributed by atoms with Crippen molar-refractivity contribution < 1.29 is 14.3 Å². The summed E-state index contributed by atoms with van der Waals surface area (Å²) < 4.78 is 6.08. The molecule has 0 saturated heterocycles. The monoisotopic (exact) mass is 413 g/mol. The van der Waals surface area contributed by atoms with Gasteiger partial charge in [0.1, 0.15) is 5.00 Å². The Bertz CT molecular complexity index is 761. The third-order valence-electron chi connectivity index (χ3n) is 3.09. The average Bonchev–Trinajstić information content (AvgIpc) is 3.01. The number of nitrogens with one attached hydrogen (secondary N) is 1. The molecule has 122 valence electrons. The number of halogens is 1. The lowest BCUT2D eigenvalue weighted by molar-refractivity contribution is -0.111. The normalized spacial score (nSPS) is 11.0. The van der Waals surface area contributed by atoms with Gasteiger partial charge in [0, 0.05) is 15.8 Å². The first kappa shape index (κ1) is 17.9. The van der Waals surface area contributed by atoms with Crippen LogP contribution in [0.1, 0.15) is 32.6 Å². The van der Waals surface area contributed by atoms with Crippen molar-refractivity contribution in [2.24, 2.45) is 0 Å². The molecule has 0 aromatic carbocycles. The minimum atomic E-state index is -0.407. The van der Waals surface area contributed by atoms with Crippen molar-refractivity contribution in [3.63, 3.8) is 0 Å². The van der Waals surface area contributed by atoms with E-state index in [0.29, 0.717) is 17.2 Å². The van der Waals surface area contributed by atoms with Crippen LogP contribution >= 0.6 is 38.6 Å². The molecular formula is C16H16BrNO3S2. The Morgan fingerprint density at radius 1 is 1.30 bits per heavy atom. The van der Waals surface area contributed by atoms with Crippen LogP contribution in [0.15, 0.2) is 22.0 Å². The number of esters is 1. The number of aryl methyl sites for hydroxylation is 1. The molecule has 2 aromatic rings. The van der Waals surface area contributed by atoms with E-state index in [1.54, 1.807) is 13.0 Å². The summed E-state index contributed by atoms with van der Waals surface area (Å²) in [6.07, 6.45) is 3.19. The maximum absolute atomic E-state index is 12.1. The molecule has 2 aromatic heterocycles. The predicted octanol–water partition coefficient (Wildman–Crippen LogP) is 5.02. The van der Waals surface area contributed by atoms with Crippen molar-refractivity contribution in [1.29, 1.82) is 0 Å². The molecule has 0 unspecified atom stereocenters. The summed E-state index contributed by atoms with van der Waals surface area (Å²) in [5.41, 5.74) is 1.28. The number of anilines is 1. The largest absolute Gasteiger partial charge is 0.462 e. The number of hydrogen-bond acceptors (Lipinski definition) is 5. The van der Waals surface area contributed by atoms with Gasteiger partial charge >= 0.3 is 5.97 Å². The summed E-state index contributed by atoms with van der Waals surface area (Å²) in [5.74, 6) is -0.683. The standard InChI is InChI=1S/C16H16BrNO3S2/c1-4-21-16(20)14-9(2)10(3)22-15(14)18-13(19)8-6-11-5-7-12(17)23-11/h5-8H,4H2,1-3H3,(H,18,19)/b8-6+. The highest BCUT2D eigenvalue weighted by molar-refractivity contribution is 9.11. The number of carbonyl (C=O) groups is 2. The summed E-state index contributed by atoms with van der Waals surface area (Å²) >= 11 is 6.29. The molecular weight excluding hydrogens is 398 g/mol. The van der Waals surface area contributed by atoms with E-state index in [0.717, 1.165) is 19.1 Å². The van der Waals surface area contributed by atoms with Gasteiger partial charge in [0.15, 0.2) is 0 Å². The molecule has 0 radical (unpaired) electrons. The molecule has 0 saturated carbocycles. The Morgan fingerprint density at radius 3 is 2.65 bits per heavy atom. The number of carbonyl (C=O) groups excluding carboxylic acids is 2. The van der Waals surface area contributed by atoms with Crippen LogP contribution in [0, 0.1) is 13.8 Å². The molecule has 1 amide bonds. The van der Waals surface area contributed by atoms with Gasteiger partial charge < -0.3 is 10.1 Å². The zero-order valence-corrected chi connectivity index (χ0v) is 16.2. The Morgan fingerprint density at radius 2 is 2.04 bits per heavy atom. The average molecular weight is 414 g/mol. The van der Waals surface area contributed by atoms with Gasteiger partial charge in [0.2, 0.25) is 5.91 Å². The van der Waals surface area contributed by atoms with Crippen LogP contribution in [0.4, 0.5) is 5.00 Å². The highest BCUT2D eigenvalue weighted by atomic mass is 79.9. The van der Waals surface area contributed by atoms with E-state index in [1.807, 2.05) is 26.0 Å². The topological polar surface area (TPSA) is 55.4 Å². The first-order valence-electron chi connectivity index (χ1n) is 6.94. The van der Waals surface area contributed by atoms with Crippen molar-refractivity contribution in [2.75, 3.05) is 11.9 Å². The molecule has 0 fully saturated rings. The fraction of sp³-hybridized carbons (Fsp3) is 0.250. The van der Waals surface area contributed by atoms with Crippen LogP contribution in [-0.4, -0.2) is 18.5 Å². The van der Waals surface area contributed by atoms with Gasteiger partial charge in [0.25, 0.3) is 0 Å². The van der Waals surface area contributed by atoms with Crippen LogP contribution in [-0.2, 0) is 9.53 Å². The van der Waals surface area contributed by atoms with Crippen molar-refractivity contribution in [1.82, 2.24) is 0 Å². The van der Waals surface area contributed by atoms with Gasteiger partial charge in [0.05, 0.1) is 16.0 Å². The van der Waals surface area contributed by atoms with Gasteiger partial charge in [-0.05, 0) is 60.5 Å². The van der Waals surface area contributed by atoms with Crippen LogP contribution in [0.5, 0.6) is 0 Å². The van der Waals surface area contributed by atoms with Crippen LogP contribution in [0.2, 0.25) is 0 Å². The van der Waals surface area contributed by atoms with E-state index in [1.165, 1.54) is 28.7 Å². The lowest BCUT2D eigenvalue weighted by Crippen LogP contribution is -2.12. The maximum atomic E-state index is 12.1. The summed E-state index contributed by atoms with van der Waals surface area (Å²) in [5, 5.41) is 3.30. The minimum Gasteiger partial charge on any atom is -0.462 e. The number of thiophene rings is 2. The molecule has 1 N–H and O–H groups in total. The van der Waals surface area contributed by atoms with Gasteiger partial charge in [-0.1, -0.05) is 0 Å². The number of ether oxygens (including phenoxy) is 1. The molecule has 0 aliphatic heterocycles. The van der Waals surface area contributed by atoms with Crippen molar-refractivity contribution in [3.05, 3.63) is 42.9 Å². The zero-order chi connectivity index (χ0) is 17.0. The molecule has 0 aliphatic carbocycles. The molecule has 23 heavy (non-hydrogen) atoms. The molecule has 0 bridgehead atoms. The van der Waals surface area contributed by atoms with Crippen molar-refractivity contribution in [3.8, 4) is 0 Å². The second-order valence-corrected chi connectivity index (χ2v) is 8.39. The van der Waals surface area contributed by atoms with Crippen LogP contribution < -0.4 is 5.32 Å². The quantitative estimate of drug-likeness (QED) is 0.552.